The van der Waals surface area contributed by atoms with E-state index in [0.717, 1.165) is 22.4 Å². The molecule has 1 aliphatic rings. The molecule has 1 aromatic heterocycles. The normalized spacial score (nSPS) is 14.2. The molecule has 21 heavy (non-hydrogen) atoms. The molecule has 0 radical (unpaired) electrons. The van der Waals surface area contributed by atoms with Crippen molar-refractivity contribution in [1.82, 2.24) is 10.3 Å². The molecular weight excluding hydrogens is 352 g/mol. The van der Waals surface area contributed by atoms with Crippen molar-refractivity contribution in [1.29, 1.82) is 0 Å². The highest BCUT2D eigenvalue weighted by atomic mass is 79.9. The second-order valence-electron chi connectivity index (χ2n) is 5.14. The summed E-state index contributed by atoms with van der Waals surface area (Å²) in [6.45, 7) is 1.23. The summed E-state index contributed by atoms with van der Waals surface area (Å²) in [5.41, 5.74) is 1.95. The molecule has 0 aliphatic heterocycles. The van der Waals surface area contributed by atoms with Gasteiger partial charge in [0.15, 0.2) is 0 Å². The van der Waals surface area contributed by atoms with E-state index in [9.17, 15) is 0 Å². The molecule has 0 atom stereocenters. The van der Waals surface area contributed by atoms with Crippen molar-refractivity contribution in [3.63, 3.8) is 0 Å². The fourth-order valence-electron chi connectivity index (χ4n) is 1.99. The van der Waals surface area contributed by atoms with E-state index in [-0.39, 0.29) is 0 Å². The number of benzene rings is 1. The first-order chi connectivity index (χ1) is 10.2. The lowest BCUT2D eigenvalue weighted by molar-refractivity contribution is 0.301. The van der Waals surface area contributed by atoms with Gasteiger partial charge in [-0.25, -0.2) is 0 Å². The molecule has 0 spiro atoms. The largest absolute Gasteiger partial charge is 0.486 e. The first-order valence-electron chi connectivity index (χ1n) is 6.97. The molecular formula is C16H16BrClN2O. The van der Waals surface area contributed by atoms with Crippen LogP contribution < -0.4 is 10.1 Å². The van der Waals surface area contributed by atoms with Gasteiger partial charge in [-0.15, -0.1) is 0 Å². The Bertz CT molecular complexity index is 631. The van der Waals surface area contributed by atoms with Crippen LogP contribution in [0.4, 0.5) is 0 Å². The summed E-state index contributed by atoms with van der Waals surface area (Å²) in [4.78, 5) is 4.59. The van der Waals surface area contributed by atoms with Gasteiger partial charge in [0, 0.05) is 17.1 Å². The molecule has 1 saturated carbocycles. The predicted molar refractivity (Wildman–Crippen MR) is 87.6 cm³/mol. The van der Waals surface area contributed by atoms with Gasteiger partial charge in [0.2, 0.25) is 0 Å². The molecule has 3 rings (SSSR count). The van der Waals surface area contributed by atoms with Gasteiger partial charge >= 0.3 is 0 Å². The van der Waals surface area contributed by atoms with Gasteiger partial charge in [0.1, 0.15) is 12.4 Å². The van der Waals surface area contributed by atoms with Crippen molar-refractivity contribution in [2.24, 2.45) is 0 Å². The quantitative estimate of drug-likeness (QED) is 0.825. The SMILES string of the molecule is Clc1cc(Br)ccc1OCc1cccc(CNC2CC2)n1. The van der Waals surface area contributed by atoms with Crippen molar-refractivity contribution in [3.05, 3.63) is 57.3 Å². The number of pyridine rings is 1. The Kier molecular flexibility index (Phi) is 4.78. The summed E-state index contributed by atoms with van der Waals surface area (Å²) in [5, 5.41) is 4.05. The van der Waals surface area contributed by atoms with Crippen LogP contribution in [0, 0.1) is 0 Å². The van der Waals surface area contributed by atoms with Crippen molar-refractivity contribution < 1.29 is 4.74 Å². The van der Waals surface area contributed by atoms with Gasteiger partial charge in [-0.2, -0.15) is 0 Å². The molecule has 0 unspecified atom stereocenters. The molecule has 3 nitrogen and oxygen atoms in total. The van der Waals surface area contributed by atoms with Crippen molar-refractivity contribution in [2.45, 2.75) is 32.0 Å². The summed E-state index contributed by atoms with van der Waals surface area (Å²) in [7, 11) is 0. The Hall–Kier alpha value is -1.10. The van der Waals surface area contributed by atoms with Crippen LogP contribution in [-0.4, -0.2) is 11.0 Å². The van der Waals surface area contributed by atoms with E-state index < -0.39 is 0 Å². The number of hydrogen-bond acceptors (Lipinski definition) is 3. The predicted octanol–water partition coefficient (Wildman–Crippen LogP) is 4.33. The van der Waals surface area contributed by atoms with Crippen LogP contribution in [0.15, 0.2) is 40.9 Å². The lowest BCUT2D eigenvalue weighted by atomic mass is 10.3. The number of rotatable bonds is 6. The molecule has 0 bridgehead atoms. The molecule has 5 heteroatoms. The van der Waals surface area contributed by atoms with Gasteiger partial charge in [0.25, 0.3) is 0 Å². The van der Waals surface area contributed by atoms with Gasteiger partial charge in [0.05, 0.1) is 16.4 Å². The summed E-state index contributed by atoms with van der Waals surface area (Å²) in [5.74, 6) is 0.670. The smallest absolute Gasteiger partial charge is 0.138 e. The summed E-state index contributed by atoms with van der Waals surface area (Å²) >= 11 is 9.51. The first-order valence-corrected chi connectivity index (χ1v) is 8.14. The third-order valence-electron chi connectivity index (χ3n) is 3.28. The molecule has 110 valence electrons. The van der Waals surface area contributed by atoms with Crippen molar-refractivity contribution in [2.75, 3.05) is 0 Å². The van der Waals surface area contributed by atoms with E-state index in [1.165, 1.54) is 12.8 Å². The highest BCUT2D eigenvalue weighted by Gasteiger charge is 2.20. The third kappa shape index (κ3) is 4.43. The topological polar surface area (TPSA) is 34.1 Å². The van der Waals surface area contributed by atoms with Gasteiger partial charge in [-0.3, -0.25) is 4.98 Å². The fraction of sp³-hybridized carbons (Fsp3) is 0.312. The minimum atomic E-state index is 0.415. The van der Waals surface area contributed by atoms with Crippen LogP contribution in [0.2, 0.25) is 5.02 Å². The number of ether oxygens (including phenoxy) is 1. The minimum Gasteiger partial charge on any atom is -0.486 e. The van der Waals surface area contributed by atoms with E-state index in [2.05, 4.69) is 26.2 Å². The lowest BCUT2D eigenvalue weighted by Crippen LogP contribution is -2.16. The van der Waals surface area contributed by atoms with E-state index >= 15 is 0 Å². The Morgan fingerprint density at radius 3 is 2.81 bits per heavy atom. The zero-order chi connectivity index (χ0) is 14.7. The fourth-order valence-corrected chi connectivity index (χ4v) is 2.72. The zero-order valence-corrected chi connectivity index (χ0v) is 13.8. The van der Waals surface area contributed by atoms with Crippen molar-refractivity contribution >= 4 is 27.5 Å². The Morgan fingerprint density at radius 2 is 2.05 bits per heavy atom. The van der Waals surface area contributed by atoms with Crippen LogP contribution in [0.1, 0.15) is 24.2 Å². The Labute approximate surface area is 137 Å². The second kappa shape index (κ2) is 6.77. The van der Waals surface area contributed by atoms with Crippen LogP contribution in [0.25, 0.3) is 0 Å². The van der Waals surface area contributed by atoms with Crippen LogP contribution in [-0.2, 0) is 13.2 Å². The van der Waals surface area contributed by atoms with E-state index in [1.807, 2.05) is 36.4 Å². The molecule has 2 aromatic rings. The number of aromatic nitrogens is 1. The Balaban J connectivity index is 1.60. The molecule has 1 N–H and O–H groups in total. The van der Waals surface area contributed by atoms with Crippen LogP contribution in [0.5, 0.6) is 5.75 Å². The van der Waals surface area contributed by atoms with Gasteiger partial charge in [-0.05, 0) is 43.2 Å². The standard InChI is InChI=1S/C16H16BrClN2O/c17-11-4-7-16(15(18)8-11)21-10-14-3-1-2-13(20-14)9-19-12-5-6-12/h1-4,7-8,12,19H,5-6,9-10H2. The highest BCUT2D eigenvalue weighted by Crippen LogP contribution is 2.28. The average molecular weight is 368 g/mol. The number of nitrogens with zero attached hydrogens (tertiary/aromatic N) is 1. The molecule has 0 saturated heterocycles. The molecule has 1 aliphatic carbocycles. The van der Waals surface area contributed by atoms with Gasteiger partial charge < -0.3 is 10.1 Å². The number of nitrogens with one attached hydrogen (secondary N) is 1. The first kappa shape index (κ1) is 14.8. The van der Waals surface area contributed by atoms with Crippen LogP contribution in [0.3, 0.4) is 0 Å². The molecule has 1 fully saturated rings. The number of halogens is 2. The third-order valence-corrected chi connectivity index (χ3v) is 4.07. The van der Waals surface area contributed by atoms with Crippen LogP contribution >= 0.6 is 27.5 Å². The van der Waals surface area contributed by atoms with E-state index in [1.54, 1.807) is 0 Å². The highest BCUT2D eigenvalue weighted by molar-refractivity contribution is 9.10. The molecule has 0 amide bonds. The van der Waals surface area contributed by atoms with E-state index in [4.69, 9.17) is 16.3 Å². The lowest BCUT2D eigenvalue weighted by Gasteiger charge is -2.09. The van der Waals surface area contributed by atoms with Crippen molar-refractivity contribution in [3.8, 4) is 5.75 Å². The minimum absolute atomic E-state index is 0.415. The average Bonchev–Trinajstić information content (AvgIpc) is 3.29. The maximum atomic E-state index is 6.13. The maximum absolute atomic E-state index is 6.13. The number of hydrogen-bond donors (Lipinski definition) is 1. The maximum Gasteiger partial charge on any atom is 0.138 e. The second-order valence-corrected chi connectivity index (χ2v) is 6.46. The molecule has 1 heterocycles. The zero-order valence-electron chi connectivity index (χ0n) is 11.5. The van der Waals surface area contributed by atoms with E-state index in [0.29, 0.717) is 23.4 Å². The monoisotopic (exact) mass is 366 g/mol. The van der Waals surface area contributed by atoms with Gasteiger partial charge in [-0.1, -0.05) is 33.6 Å². The summed E-state index contributed by atoms with van der Waals surface area (Å²) in [6, 6.07) is 12.3. The summed E-state index contributed by atoms with van der Waals surface area (Å²) < 4.78 is 6.67. The summed E-state index contributed by atoms with van der Waals surface area (Å²) in [6.07, 6.45) is 2.57. The Morgan fingerprint density at radius 1 is 1.24 bits per heavy atom. The molecule has 1 aromatic carbocycles.